The number of hydrogen-bond donors (Lipinski definition) is 0. The highest BCUT2D eigenvalue weighted by Crippen LogP contribution is 2.38. The van der Waals surface area contributed by atoms with E-state index >= 15 is 0 Å². The van der Waals surface area contributed by atoms with Crippen LogP contribution >= 0.6 is 22.9 Å². The van der Waals surface area contributed by atoms with Crippen LogP contribution in [0.25, 0.3) is 10.1 Å². The van der Waals surface area contributed by atoms with Gasteiger partial charge in [0.1, 0.15) is 5.69 Å². The van der Waals surface area contributed by atoms with Gasteiger partial charge in [-0.3, -0.25) is 4.79 Å². The van der Waals surface area contributed by atoms with Crippen LogP contribution in [0.1, 0.15) is 12.5 Å². The largest absolute Gasteiger partial charge is 0.334 e. The maximum absolute atomic E-state index is 12.9. The lowest BCUT2D eigenvalue weighted by atomic mass is 10.1. The number of anilines is 2. The summed E-state index contributed by atoms with van der Waals surface area (Å²) in [6.07, 6.45) is 0.966. The van der Waals surface area contributed by atoms with E-state index in [9.17, 15) is 4.79 Å². The van der Waals surface area contributed by atoms with Gasteiger partial charge < -0.3 is 4.90 Å². The summed E-state index contributed by atoms with van der Waals surface area (Å²) in [4.78, 5) is 15.1. The lowest BCUT2D eigenvalue weighted by Gasteiger charge is -2.24. The van der Waals surface area contributed by atoms with Crippen LogP contribution in [0, 0.1) is 0 Å². The van der Waals surface area contributed by atoms with E-state index in [0.717, 1.165) is 22.5 Å². The summed E-state index contributed by atoms with van der Waals surface area (Å²) in [5.41, 5.74) is 3.24. The molecule has 0 fully saturated rings. The molecule has 110 valence electrons. The third kappa shape index (κ3) is 2.04. The zero-order valence-electron chi connectivity index (χ0n) is 12.0. The molecule has 0 saturated carbocycles. The fraction of sp³-hybridized carbons (Fsp3) is 0.167. The molecule has 4 rings (SSSR count). The lowest BCUT2D eigenvalue weighted by molar-refractivity contribution is 0.758. The quantitative estimate of drug-likeness (QED) is 0.627. The van der Waals surface area contributed by atoms with Gasteiger partial charge in [-0.25, -0.2) is 0 Å². The average molecular weight is 328 g/mol. The summed E-state index contributed by atoms with van der Waals surface area (Å²) in [6, 6.07) is 14.1. The number of benzene rings is 2. The van der Waals surface area contributed by atoms with Gasteiger partial charge >= 0.3 is 0 Å². The highest BCUT2D eigenvalue weighted by molar-refractivity contribution is 7.16. The Morgan fingerprint density at radius 1 is 1.18 bits per heavy atom. The van der Waals surface area contributed by atoms with Crippen LogP contribution in [0.3, 0.4) is 0 Å². The molecule has 0 spiro atoms. The Labute approximate surface area is 137 Å². The SMILES string of the molecule is C[C@H]1Cc2ccccc2N1c1csc2ccc(Cl)cc2c1=O. The Morgan fingerprint density at radius 2 is 2.00 bits per heavy atom. The summed E-state index contributed by atoms with van der Waals surface area (Å²) in [7, 11) is 0. The van der Waals surface area contributed by atoms with E-state index in [2.05, 4.69) is 30.0 Å². The number of fused-ring (bicyclic) bond motifs is 2. The molecule has 0 saturated heterocycles. The molecule has 0 aliphatic carbocycles. The van der Waals surface area contributed by atoms with Crippen molar-refractivity contribution in [2.45, 2.75) is 19.4 Å². The smallest absolute Gasteiger partial charge is 0.211 e. The van der Waals surface area contributed by atoms with Crippen LogP contribution in [0.2, 0.25) is 5.02 Å². The minimum atomic E-state index is 0.0554. The van der Waals surface area contributed by atoms with Crippen LogP contribution in [0.4, 0.5) is 11.4 Å². The molecule has 2 aromatic carbocycles. The van der Waals surface area contributed by atoms with E-state index in [0.29, 0.717) is 10.4 Å². The topological polar surface area (TPSA) is 20.3 Å². The van der Waals surface area contributed by atoms with Crippen molar-refractivity contribution in [2.24, 2.45) is 0 Å². The first-order valence-corrected chi connectivity index (χ1v) is 8.49. The molecule has 0 amide bonds. The van der Waals surface area contributed by atoms with Crippen LogP contribution in [-0.4, -0.2) is 6.04 Å². The number of nitrogens with zero attached hydrogens (tertiary/aromatic N) is 1. The van der Waals surface area contributed by atoms with Crippen LogP contribution < -0.4 is 10.3 Å². The molecule has 0 radical (unpaired) electrons. The maximum atomic E-state index is 12.9. The van der Waals surface area contributed by atoms with Gasteiger partial charge in [0.25, 0.3) is 0 Å². The second kappa shape index (κ2) is 5.11. The molecule has 1 aliphatic heterocycles. The molecule has 0 N–H and O–H groups in total. The Bertz CT molecular complexity index is 934. The summed E-state index contributed by atoms with van der Waals surface area (Å²) in [5.74, 6) is 0. The van der Waals surface area contributed by atoms with Gasteiger partial charge in [-0.05, 0) is 43.2 Å². The standard InChI is InChI=1S/C18H14ClNOS/c1-11-8-12-4-2-3-5-15(12)20(11)16-10-22-17-7-6-13(19)9-14(17)18(16)21/h2-7,9-11H,8H2,1H3/t11-/m0/s1. The predicted octanol–water partition coefficient (Wildman–Crippen LogP) is 5.00. The molecular formula is C18H14ClNOS. The molecule has 3 aromatic rings. The Hall–Kier alpha value is -1.84. The van der Waals surface area contributed by atoms with Crippen LogP contribution in [0.5, 0.6) is 0 Å². The van der Waals surface area contributed by atoms with E-state index in [4.69, 9.17) is 11.6 Å². The minimum absolute atomic E-state index is 0.0554. The van der Waals surface area contributed by atoms with Gasteiger partial charge in [-0.15, -0.1) is 11.3 Å². The molecule has 1 aromatic heterocycles. The third-order valence-electron chi connectivity index (χ3n) is 4.18. The third-order valence-corrected chi connectivity index (χ3v) is 5.37. The first-order chi connectivity index (χ1) is 10.6. The van der Waals surface area contributed by atoms with Crippen molar-refractivity contribution in [3.63, 3.8) is 0 Å². The number of rotatable bonds is 1. The van der Waals surface area contributed by atoms with Crippen molar-refractivity contribution in [3.8, 4) is 0 Å². The lowest BCUT2D eigenvalue weighted by Crippen LogP contribution is -2.28. The fourth-order valence-electron chi connectivity index (χ4n) is 3.19. The molecule has 2 heterocycles. The first kappa shape index (κ1) is 13.8. The Balaban J connectivity index is 1.95. The van der Waals surface area contributed by atoms with Gasteiger partial charge in [-0.1, -0.05) is 29.8 Å². The Morgan fingerprint density at radius 3 is 2.86 bits per heavy atom. The number of halogens is 1. The summed E-state index contributed by atoms with van der Waals surface area (Å²) in [5, 5.41) is 3.27. The zero-order valence-corrected chi connectivity index (χ0v) is 13.6. The summed E-state index contributed by atoms with van der Waals surface area (Å²) < 4.78 is 0.971. The molecule has 1 atom stereocenters. The molecule has 0 unspecified atom stereocenters. The van der Waals surface area contributed by atoms with Gasteiger partial charge in [0, 0.05) is 32.2 Å². The van der Waals surface area contributed by atoms with Gasteiger partial charge in [0.15, 0.2) is 0 Å². The van der Waals surface area contributed by atoms with E-state index in [1.807, 2.05) is 23.6 Å². The monoisotopic (exact) mass is 327 g/mol. The summed E-state index contributed by atoms with van der Waals surface area (Å²) in [6.45, 7) is 2.16. The van der Waals surface area contributed by atoms with Crippen LogP contribution in [0.15, 0.2) is 52.6 Å². The normalized spacial score (nSPS) is 17.0. The average Bonchev–Trinajstić information content (AvgIpc) is 2.84. The van der Waals surface area contributed by atoms with E-state index in [-0.39, 0.29) is 11.5 Å². The maximum Gasteiger partial charge on any atom is 0.211 e. The Kier molecular flexibility index (Phi) is 3.21. The molecular weight excluding hydrogens is 314 g/mol. The van der Waals surface area contributed by atoms with E-state index in [1.54, 1.807) is 17.4 Å². The second-order valence-electron chi connectivity index (χ2n) is 5.64. The second-order valence-corrected chi connectivity index (χ2v) is 6.99. The number of hydrogen-bond acceptors (Lipinski definition) is 3. The predicted molar refractivity (Wildman–Crippen MR) is 94.9 cm³/mol. The van der Waals surface area contributed by atoms with Gasteiger partial charge in [0.2, 0.25) is 5.43 Å². The molecule has 0 bridgehead atoms. The molecule has 1 aliphatic rings. The highest BCUT2D eigenvalue weighted by atomic mass is 35.5. The van der Waals surface area contributed by atoms with Gasteiger partial charge in [-0.2, -0.15) is 0 Å². The van der Waals surface area contributed by atoms with Crippen LogP contribution in [-0.2, 0) is 6.42 Å². The number of para-hydroxylation sites is 1. The van der Waals surface area contributed by atoms with Crippen molar-refractivity contribution in [1.29, 1.82) is 0 Å². The van der Waals surface area contributed by atoms with Crippen molar-refractivity contribution in [3.05, 3.63) is 68.7 Å². The highest BCUT2D eigenvalue weighted by Gasteiger charge is 2.28. The van der Waals surface area contributed by atoms with E-state index in [1.165, 1.54) is 5.56 Å². The van der Waals surface area contributed by atoms with Crippen molar-refractivity contribution >= 4 is 44.4 Å². The molecule has 22 heavy (non-hydrogen) atoms. The van der Waals surface area contributed by atoms with Crippen molar-refractivity contribution in [2.75, 3.05) is 4.90 Å². The van der Waals surface area contributed by atoms with E-state index < -0.39 is 0 Å². The first-order valence-electron chi connectivity index (χ1n) is 7.23. The summed E-state index contributed by atoms with van der Waals surface area (Å²) >= 11 is 7.65. The fourth-order valence-corrected chi connectivity index (χ4v) is 4.25. The van der Waals surface area contributed by atoms with Crippen molar-refractivity contribution < 1.29 is 0 Å². The molecule has 4 heteroatoms. The molecule has 2 nitrogen and oxygen atoms in total. The van der Waals surface area contributed by atoms with Crippen molar-refractivity contribution in [1.82, 2.24) is 0 Å². The zero-order chi connectivity index (χ0) is 15.3. The van der Waals surface area contributed by atoms with Gasteiger partial charge in [0.05, 0.1) is 0 Å². The minimum Gasteiger partial charge on any atom is -0.334 e.